The summed E-state index contributed by atoms with van der Waals surface area (Å²) >= 11 is 1.32. The molecule has 0 radical (unpaired) electrons. The molecule has 0 atom stereocenters. The van der Waals surface area contributed by atoms with E-state index in [9.17, 15) is 4.79 Å². The molecule has 0 bridgehead atoms. The molecule has 1 aromatic heterocycles. The van der Waals surface area contributed by atoms with E-state index in [1.165, 1.54) is 43.4 Å². The normalized spacial score (nSPS) is 16.1. The number of hydrogen-bond donors (Lipinski definition) is 1. The van der Waals surface area contributed by atoms with Gasteiger partial charge in [-0.1, -0.05) is 40.0 Å². The second-order valence-electron chi connectivity index (χ2n) is 7.02. The maximum absolute atomic E-state index is 10.3. The van der Waals surface area contributed by atoms with E-state index in [0.717, 1.165) is 10.6 Å². The Bertz CT molecular complexity index is 622. The molecule has 1 heterocycles. The molecule has 0 aliphatic heterocycles. The molecule has 0 saturated heterocycles. The van der Waals surface area contributed by atoms with Gasteiger partial charge >= 0.3 is 0 Å². The molecule has 1 aliphatic rings. The maximum Gasteiger partial charge on any atom is 0.178 e. The predicted molar refractivity (Wildman–Crippen MR) is 92.7 cm³/mol. The van der Waals surface area contributed by atoms with Crippen molar-refractivity contribution in [2.75, 3.05) is 0 Å². The summed E-state index contributed by atoms with van der Waals surface area (Å²) in [5.41, 5.74) is 1.24. The van der Waals surface area contributed by atoms with Crippen LogP contribution in [0.5, 0.6) is 5.75 Å². The largest absolute Gasteiger partial charge is 0.508 e. The lowest BCUT2D eigenvalue weighted by molar-refractivity contribution is 0.112. The van der Waals surface area contributed by atoms with E-state index in [0.29, 0.717) is 22.2 Å². The van der Waals surface area contributed by atoms with Gasteiger partial charge in [0, 0.05) is 6.07 Å². The Morgan fingerprint density at radius 3 is 2.45 bits per heavy atom. The standard InChI is InChI=1S/C10H20.C8H5NO2S/c1-10(2,3)9-7-5-4-6-8-9;10-4-8-9-6-3-5(11)1-2-7(6)12-8/h9H,4-8H2,1-3H3;1-4,11H. The van der Waals surface area contributed by atoms with Crippen LogP contribution >= 0.6 is 11.3 Å². The number of benzene rings is 1. The van der Waals surface area contributed by atoms with Crippen molar-refractivity contribution in [3.63, 3.8) is 0 Å². The average Bonchev–Trinajstić information content (AvgIpc) is 2.90. The van der Waals surface area contributed by atoms with Gasteiger partial charge in [0.15, 0.2) is 11.3 Å². The van der Waals surface area contributed by atoms with Crippen LogP contribution in [0.1, 0.15) is 62.7 Å². The number of phenols is 1. The number of phenolic OH excluding ortho intramolecular Hbond substituents is 1. The van der Waals surface area contributed by atoms with Crippen LogP contribution in [0.4, 0.5) is 0 Å². The first-order valence-corrected chi connectivity index (χ1v) is 8.76. The Labute approximate surface area is 136 Å². The predicted octanol–water partition coefficient (Wildman–Crippen LogP) is 5.43. The number of aromatic nitrogens is 1. The van der Waals surface area contributed by atoms with Crippen molar-refractivity contribution in [3.05, 3.63) is 23.2 Å². The minimum atomic E-state index is 0.172. The molecular weight excluding hydrogens is 294 g/mol. The van der Waals surface area contributed by atoms with Crippen LogP contribution in [0.2, 0.25) is 0 Å². The Hall–Kier alpha value is -1.42. The van der Waals surface area contributed by atoms with Crippen molar-refractivity contribution in [1.82, 2.24) is 4.98 Å². The summed E-state index contributed by atoms with van der Waals surface area (Å²) in [6.07, 6.45) is 8.09. The van der Waals surface area contributed by atoms with Crippen molar-refractivity contribution in [2.45, 2.75) is 52.9 Å². The highest BCUT2D eigenvalue weighted by Crippen LogP contribution is 2.37. The van der Waals surface area contributed by atoms with E-state index < -0.39 is 0 Å². The Morgan fingerprint density at radius 1 is 1.23 bits per heavy atom. The van der Waals surface area contributed by atoms with E-state index in [1.54, 1.807) is 18.2 Å². The molecule has 1 N–H and O–H groups in total. The van der Waals surface area contributed by atoms with Gasteiger partial charge < -0.3 is 5.11 Å². The maximum atomic E-state index is 10.3. The fraction of sp³-hybridized carbons (Fsp3) is 0.556. The van der Waals surface area contributed by atoms with Crippen molar-refractivity contribution in [2.24, 2.45) is 11.3 Å². The Kier molecular flexibility index (Phi) is 5.57. The van der Waals surface area contributed by atoms with Crippen LogP contribution in [0, 0.1) is 11.3 Å². The number of nitrogens with zero attached hydrogens (tertiary/aromatic N) is 1. The third-order valence-corrected chi connectivity index (χ3v) is 5.28. The van der Waals surface area contributed by atoms with Gasteiger partial charge in [-0.25, -0.2) is 4.98 Å². The molecule has 1 fully saturated rings. The first-order chi connectivity index (χ1) is 10.4. The molecule has 120 valence electrons. The molecule has 4 heteroatoms. The molecule has 0 amide bonds. The molecular formula is C18H25NO2S. The lowest BCUT2D eigenvalue weighted by Gasteiger charge is -2.33. The molecule has 22 heavy (non-hydrogen) atoms. The quantitative estimate of drug-likeness (QED) is 0.713. The van der Waals surface area contributed by atoms with Crippen LogP contribution in [0.3, 0.4) is 0 Å². The van der Waals surface area contributed by atoms with Gasteiger partial charge in [0.25, 0.3) is 0 Å². The third-order valence-electron chi connectivity index (χ3n) is 4.32. The monoisotopic (exact) mass is 319 g/mol. The molecule has 0 spiro atoms. The number of aromatic hydroxyl groups is 1. The lowest BCUT2D eigenvalue weighted by Crippen LogP contribution is -2.22. The van der Waals surface area contributed by atoms with Crippen molar-refractivity contribution in [1.29, 1.82) is 0 Å². The second kappa shape index (κ2) is 7.23. The number of carbonyl (C=O) groups excluding carboxylic acids is 1. The number of thiazole rings is 1. The summed E-state index contributed by atoms with van der Waals surface area (Å²) in [5.74, 6) is 1.17. The highest BCUT2D eigenvalue weighted by molar-refractivity contribution is 7.20. The lowest BCUT2D eigenvalue weighted by atomic mass is 9.72. The van der Waals surface area contributed by atoms with E-state index >= 15 is 0 Å². The van der Waals surface area contributed by atoms with Crippen LogP contribution in [0.25, 0.3) is 10.2 Å². The SMILES string of the molecule is CC(C)(C)C1CCCCC1.O=Cc1nc2cc(O)ccc2s1. The zero-order valence-corrected chi connectivity index (χ0v) is 14.4. The fourth-order valence-corrected chi connectivity index (χ4v) is 3.72. The number of aldehydes is 1. The van der Waals surface area contributed by atoms with E-state index in [4.69, 9.17) is 5.11 Å². The minimum Gasteiger partial charge on any atom is -0.508 e. The molecule has 1 aliphatic carbocycles. The van der Waals surface area contributed by atoms with Gasteiger partial charge in [0.2, 0.25) is 0 Å². The van der Waals surface area contributed by atoms with Crippen molar-refractivity contribution < 1.29 is 9.90 Å². The van der Waals surface area contributed by atoms with E-state index in [-0.39, 0.29) is 5.75 Å². The van der Waals surface area contributed by atoms with Gasteiger partial charge in [0.1, 0.15) is 5.75 Å². The Balaban J connectivity index is 0.000000164. The summed E-state index contributed by atoms with van der Waals surface area (Å²) in [6, 6.07) is 4.86. The molecule has 2 aromatic rings. The molecule has 1 saturated carbocycles. The second-order valence-corrected chi connectivity index (χ2v) is 8.09. The third kappa shape index (κ3) is 4.54. The number of hydrogen-bond acceptors (Lipinski definition) is 4. The summed E-state index contributed by atoms with van der Waals surface area (Å²) < 4.78 is 0.912. The summed E-state index contributed by atoms with van der Waals surface area (Å²) in [6.45, 7) is 7.13. The van der Waals surface area contributed by atoms with Gasteiger partial charge in [0.05, 0.1) is 10.2 Å². The molecule has 3 rings (SSSR count). The first-order valence-electron chi connectivity index (χ1n) is 7.95. The van der Waals surface area contributed by atoms with Crippen LogP contribution < -0.4 is 0 Å². The summed E-state index contributed by atoms with van der Waals surface area (Å²) in [5, 5.41) is 9.53. The fourth-order valence-electron chi connectivity index (χ4n) is 2.95. The summed E-state index contributed by atoms with van der Waals surface area (Å²) in [7, 11) is 0. The van der Waals surface area contributed by atoms with Crippen molar-refractivity contribution in [3.8, 4) is 5.75 Å². The van der Waals surface area contributed by atoms with Gasteiger partial charge in [-0.15, -0.1) is 11.3 Å². The first kappa shape index (κ1) is 16.9. The Morgan fingerprint density at radius 2 is 1.91 bits per heavy atom. The smallest absolute Gasteiger partial charge is 0.178 e. The van der Waals surface area contributed by atoms with Gasteiger partial charge in [-0.2, -0.15) is 0 Å². The summed E-state index contributed by atoms with van der Waals surface area (Å²) in [4.78, 5) is 14.3. The zero-order valence-electron chi connectivity index (χ0n) is 13.6. The van der Waals surface area contributed by atoms with Gasteiger partial charge in [-0.3, -0.25) is 4.79 Å². The molecule has 3 nitrogen and oxygen atoms in total. The molecule has 0 unspecified atom stereocenters. The average molecular weight is 319 g/mol. The zero-order chi connectivity index (χ0) is 16.2. The van der Waals surface area contributed by atoms with E-state index in [2.05, 4.69) is 25.8 Å². The highest BCUT2D eigenvalue weighted by Gasteiger charge is 2.25. The molecule has 1 aromatic carbocycles. The van der Waals surface area contributed by atoms with Crippen molar-refractivity contribution >= 4 is 27.8 Å². The number of fused-ring (bicyclic) bond motifs is 1. The van der Waals surface area contributed by atoms with E-state index in [1.807, 2.05) is 0 Å². The topological polar surface area (TPSA) is 50.2 Å². The van der Waals surface area contributed by atoms with Gasteiger partial charge in [-0.05, 0) is 36.3 Å². The van der Waals surface area contributed by atoms with Crippen LogP contribution in [-0.2, 0) is 0 Å². The van der Waals surface area contributed by atoms with Crippen LogP contribution in [0.15, 0.2) is 18.2 Å². The van der Waals surface area contributed by atoms with Crippen LogP contribution in [-0.4, -0.2) is 16.4 Å². The number of rotatable bonds is 1. The number of carbonyl (C=O) groups is 1. The minimum absolute atomic E-state index is 0.172. The highest BCUT2D eigenvalue weighted by atomic mass is 32.1.